The van der Waals surface area contributed by atoms with Gasteiger partial charge in [-0.15, -0.1) is 11.3 Å². The number of aromatic nitrogens is 1. The predicted octanol–water partition coefficient (Wildman–Crippen LogP) is 3.38. The molecule has 112 valence electrons. The van der Waals surface area contributed by atoms with E-state index in [1.54, 1.807) is 17.4 Å². The third-order valence-electron chi connectivity index (χ3n) is 3.04. The largest absolute Gasteiger partial charge is 0.478 e. The highest BCUT2D eigenvalue weighted by atomic mass is 32.1. The molecule has 0 saturated heterocycles. The smallest absolute Gasteiger partial charge is 0.328 e. The van der Waals surface area contributed by atoms with Gasteiger partial charge in [-0.05, 0) is 19.2 Å². The highest BCUT2D eigenvalue weighted by Gasteiger charge is 2.22. The summed E-state index contributed by atoms with van der Waals surface area (Å²) in [5.74, 6) is -0.927. The van der Waals surface area contributed by atoms with Crippen molar-refractivity contribution in [3.05, 3.63) is 21.7 Å². The first-order valence-corrected chi connectivity index (χ1v) is 7.73. The molecule has 4 nitrogen and oxygen atoms in total. The van der Waals surface area contributed by atoms with Crippen molar-refractivity contribution in [1.82, 2.24) is 9.88 Å². The standard InChI is InChI=1S/C15H24N2O2S/c1-6-17(7-2)10-12-16-14(15(3,4)5)11(20-12)8-9-13(18)19/h8-9H,6-7,10H2,1-5H3,(H,18,19)/b9-8+. The normalized spacial score (nSPS) is 12.5. The molecule has 0 fully saturated rings. The minimum atomic E-state index is -0.927. The van der Waals surface area contributed by atoms with Crippen LogP contribution in [-0.2, 0) is 16.8 Å². The zero-order chi connectivity index (χ0) is 15.3. The highest BCUT2D eigenvalue weighted by molar-refractivity contribution is 7.12. The van der Waals surface area contributed by atoms with Crippen molar-refractivity contribution < 1.29 is 9.90 Å². The van der Waals surface area contributed by atoms with E-state index in [1.165, 1.54) is 6.08 Å². The molecule has 1 heterocycles. The molecule has 1 aromatic rings. The third-order valence-corrected chi connectivity index (χ3v) is 4.04. The van der Waals surface area contributed by atoms with Crippen LogP contribution in [0.5, 0.6) is 0 Å². The fourth-order valence-corrected chi connectivity index (χ4v) is 3.10. The van der Waals surface area contributed by atoms with Crippen LogP contribution >= 0.6 is 11.3 Å². The number of aliphatic carboxylic acids is 1. The summed E-state index contributed by atoms with van der Waals surface area (Å²) >= 11 is 1.58. The van der Waals surface area contributed by atoms with Gasteiger partial charge in [0.2, 0.25) is 0 Å². The van der Waals surface area contributed by atoms with Crippen molar-refractivity contribution in [3.8, 4) is 0 Å². The van der Waals surface area contributed by atoms with E-state index < -0.39 is 5.97 Å². The zero-order valence-electron chi connectivity index (χ0n) is 12.9. The molecule has 0 bridgehead atoms. The van der Waals surface area contributed by atoms with Crippen LogP contribution in [0.1, 0.15) is 50.2 Å². The Balaban J connectivity index is 3.09. The second-order valence-electron chi connectivity index (χ2n) is 5.70. The first-order valence-electron chi connectivity index (χ1n) is 6.91. The van der Waals surface area contributed by atoms with Crippen molar-refractivity contribution >= 4 is 23.4 Å². The van der Waals surface area contributed by atoms with Gasteiger partial charge >= 0.3 is 5.97 Å². The third kappa shape index (κ3) is 4.72. The van der Waals surface area contributed by atoms with E-state index >= 15 is 0 Å². The molecule has 0 aliphatic rings. The molecule has 0 saturated carbocycles. The van der Waals surface area contributed by atoms with Gasteiger partial charge in [-0.2, -0.15) is 0 Å². The van der Waals surface area contributed by atoms with Crippen LogP contribution in [0.25, 0.3) is 6.08 Å². The molecular weight excluding hydrogens is 272 g/mol. The molecule has 1 rings (SSSR count). The highest BCUT2D eigenvalue weighted by Crippen LogP contribution is 2.31. The van der Waals surface area contributed by atoms with Crippen LogP contribution < -0.4 is 0 Å². The maximum Gasteiger partial charge on any atom is 0.328 e. The zero-order valence-corrected chi connectivity index (χ0v) is 13.8. The van der Waals surface area contributed by atoms with Crippen LogP contribution in [-0.4, -0.2) is 34.0 Å². The monoisotopic (exact) mass is 296 g/mol. The Kier molecular flexibility index (Phi) is 5.89. The lowest BCUT2D eigenvalue weighted by Crippen LogP contribution is -2.22. The number of thiazole rings is 1. The summed E-state index contributed by atoms with van der Waals surface area (Å²) in [7, 11) is 0. The Bertz CT molecular complexity index is 483. The van der Waals surface area contributed by atoms with Crippen molar-refractivity contribution in [2.45, 2.75) is 46.6 Å². The average Bonchev–Trinajstić information content (AvgIpc) is 2.76. The first-order chi connectivity index (χ1) is 9.27. The number of hydrogen-bond donors (Lipinski definition) is 1. The predicted molar refractivity (Wildman–Crippen MR) is 84.1 cm³/mol. The fourth-order valence-electron chi connectivity index (χ4n) is 1.88. The maximum absolute atomic E-state index is 10.7. The number of carboxylic acids is 1. The maximum atomic E-state index is 10.7. The summed E-state index contributed by atoms with van der Waals surface area (Å²) < 4.78 is 0. The Labute approximate surface area is 125 Å². The Morgan fingerprint density at radius 2 is 1.95 bits per heavy atom. The van der Waals surface area contributed by atoms with E-state index in [0.29, 0.717) is 0 Å². The second kappa shape index (κ2) is 6.99. The minimum absolute atomic E-state index is 0.0871. The van der Waals surface area contributed by atoms with E-state index in [4.69, 9.17) is 10.1 Å². The van der Waals surface area contributed by atoms with Gasteiger partial charge < -0.3 is 5.11 Å². The van der Waals surface area contributed by atoms with Gasteiger partial charge in [0.15, 0.2) is 0 Å². The molecular formula is C15H24N2O2S. The average molecular weight is 296 g/mol. The summed E-state index contributed by atoms with van der Waals surface area (Å²) in [6, 6.07) is 0. The van der Waals surface area contributed by atoms with E-state index in [1.807, 2.05) is 0 Å². The van der Waals surface area contributed by atoms with Crippen LogP contribution in [0.15, 0.2) is 6.08 Å². The Hall–Kier alpha value is -1.20. The fraction of sp³-hybridized carbons (Fsp3) is 0.600. The van der Waals surface area contributed by atoms with Crippen molar-refractivity contribution in [2.24, 2.45) is 0 Å². The van der Waals surface area contributed by atoms with E-state index in [0.717, 1.165) is 35.2 Å². The van der Waals surface area contributed by atoms with E-state index in [-0.39, 0.29) is 5.41 Å². The number of carboxylic acid groups (broad SMARTS) is 1. The Morgan fingerprint density at radius 3 is 2.40 bits per heavy atom. The first kappa shape index (κ1) is 16.9. The molecule has 5 heteroatoms. The number of nitrogens with zero attached hydrogens (tertiary/aromatic N) is 2. The van der Waals surface area contributed by atoms with Gasteiger partial charge in [-0.1, -0.05) is 34.6 Å². The van der Waals surface area contributed by atoms with Crippen molar-refractivity contribution in [3.63, 3.8) is 0 Å². The Morgan fingerprint density at radius 1 is 1.35 bits per heavy atom. The van der Waals surface area contributed by atoms with E-state index in [9.17, 15) is 4.79 Å². The summed E-state index contributed by atoms with van der Waals surface area (Å²) in [5.41, 5.74) is 0.887. The van der Waals surface area contributed by atoms with Crippen molar-refractivity contribution in [2.75, 3.05) is 13.1 Å². The summed E-state index contributed by atoms with van der Waals surface area (Å²) in [5, 5.41) is 9.83. The lowest BCUT2D eigenvalue weighted by atomic mass is 9.91. The number of hydrogen-bond acceptors (Lipinski definition) is 4. The molecule has 20 heavy (non-hydrogen) atoms. The van der Waals surface area contributed by atoms with Crippen LogP contribution in [0.3, 0.4) is 0 Å². The van der Waals surface area contributed by atoms with Gasteiger partial charge in [0.1, 0.15) is 5.01 Å². The van der Waals surface area contributed by atoms with E-state index in [2.05, 4.69) is 39.5 Å². The minimum Gasteiger partial charge on any atom is -0.478 e. The van der Waals surface area contributed by atoms with Crippen LogP contribution in [0.2, 0.25) is 0 Å². The topological polar surface area (TPSA) is 53.4 Å². The molecule has 0 atom stereocenters. The lowest BCUT2D eigenvalue weighted by Gasteiger charge is -2.17. The number of rotatable bonds is 6. The van der Waals surface area contributed by atoms with Crippen LogP contribution in [0, 0.1) is 0 Å². The molecule has 0 aliphatic heterocycles. The molecule has 0 aliphatic carbocycles. The van der Waals surface area contributed by atoms with Gasteiger partial charge in [0, 0.05) is 11.5 Å². The molecule has 0 unspecified atom stereocenters. The lowest BCUT2D eigenvalue weighted by molar-refractivity contribution is -0.131. The van der Waals surface area contributed by atoms with Crippen LogP contribution in [0.4, 0.5) is 0 Å². The number of carbonyl (C=O) groups is 1. The molecule has 0 spiro atoms. The molecule has 0 radical (unpaired) electrons. The molecule has 1 N–H and O–H groups in total. The van der Waals surface area contributed by atoms with Crippen molar-refractivity contribution in [1.29, 1.82) is 0 Å². The molecule has 0 aromatic carbocycles. The van der Waals surface area contributed by atoms with Gasteiger partial charge in [0.05, 0.1) is 17.1 Å². The second-order valence-corrected chi connectivity index (χ2v) is 6.82. The SMILES string of the molecule is CCN(CC)Cc1nc(C(C)(C)C)c(/C=C/C(=O)O)s1. The molecule has 1 aromatic heterocycles. The molecule has 0 amide bonds. The summed E-state index contributed by atoms with van der Waals surface area (Å²) in [4.78, 5) is 18.7. The van der Waals surface area contributed by atoms with Gasteiger partial charge in [-0.3, -0.25) is 4.90 Å². The van der Waals surface area contributed by atoms with Gasteiger partial charge in [-0.25, -0.2) is 9.78 Å². The quantitative estimate of drug-likeness (QED) is 0.818. The van der Waals surface area contributed by atoms with Gasteiger partial charge in [0.25, 0.3) is 0 Å². The summed E-state index contributed by atoms with van der Waals surface area (Å²) in [6.45, 7) is 13.4. The summed E-state index contributed by atoms with van der Waals surface area (Å²) in [6.07, 6.45) is 2.84.